The zero-order valence-electron chi connectivity index (χ0n) is 10.2. The van der Waals surface area contributed by atoms with Gasteiger partial charge in [-0.15, -0.1) is 11.3 Å². The second kappa shape index (κ2) is 5.81. The van der Waals surface area contributed by atoms with Gasteiger partial charge < -0.3 is 5.32 Å². The summed E-state index contributed by atoms with van der Waals surface area (Å²) in [6.07, 6.45) is 1.39. The van der Waals surface area contributed by atoms with E-state index in [1.54, 1.807) is 23.5 Å². The van der Waals surface area contributed by atoms with Crippen molar-refractivity contribution < 1.29 is 0 Å². The van der Waals surface area contributed by atoms with Crippen molar-refractivity contribution in [1.29, 1.82) is 10.5 Å². The van der Waals surface area contributed by atoms with Crippen LogP contribution in [0.5, 0.6) is 0 Å². The summed E-state index contributed by atoms with van der Waals surface area (Å²) in [4.78, 5) is 4.42. The smallest absolute Gasteiger partial charge is 0.145 e. The largest absolute Gasteiger partial charge is 0.360 e. The fraction of sp³-hybridized carbons (Fsp3) is 0.0714. The lowest BCUT2D eigenvalue weighted by atomic mass is 10.1. The Morgan fingerprint density at radius 2 is 2.16 bits per heavy atom. The summed E-state index contributed by atoms with van der Waals surface area (Å²) in [5.74, 6) is 0. The first-order chi connectivity index (χ1) is 9.22. The number of rotatable bonds is 3. The Bertz CT molecular complexity index is 685. The van der Waals surface area contributed by atoms with Crippen molar-refractivity contribution in [3.8, 4) is 23.4 Å². The molecule has 0 radical (unpaired) electrons. The highest BCUT2D eigenvalue weighted by Gasteiger charge is 2.02. The van der Waals surface area contributed by atoms with Crippen LogP contribution in [0.2, 0.25) is 0 Å². The van der Waals surface area contributed by atoms with E-state index in [1.165, 1.54) is 6.20 Å². The summed E-state index contributed by atoms with van der Waals surface area (Å²) in [5.41, 5.74) is 2.77. The number of nitrogens with zero attached hydrogens (tertiary/aromatic N) is 3. The minimum atomic E-state index is 0.0369. The van der Waals surface area contributed by atoms with E-state index in [9.17, 15) is 0 Å². The second-order valence-electron chi connectivity index (χ2n) is 3.76. The van der Waals surface area contributed by atoms with E-state index in [-0.39, 0.29) is 5.57 Å². The number of anilines is 1. The molecule has 0 spiro atoms. The standard InChI is InChI=1S/C14H10N4S/c1-10-18-14(9-19-10)12-3-2-4-13(5-12)17-8-11(6-15)7-16/h2-5,8-9,17H,1H3. The Labute approximate surface area is 115 Å². The predicted molar refractivity (Wildman–Crippen MR) is 75.2 cm³/mol. The van der Waals surface area contributed by atoms with Gasteiger partial charge in [0.1, 0.15) is 17.7 Å². The molecule has 19 heavy (non-hydrogen) atoms. The molecule has 1 aromatic heterocycles. The van der Waals surface area contributed by atoms with Crippen molar-refractivity contribution in [3.63, 3.8) is 0 Å². The molecule has 0 saturated heterocycles. The Hall–Kier alpha value is -2.63. The number of benzene rings is 1. The minimum absolute atomic E-state index is 0.0369. The van der Waals surface area contributed by atoms with E-state index in [1.807, 2.05) is 36.6 Å². The number of hydrogen-bond donors (Lipinski definition) is 1. The van der Waals surface area contributed by atoms with Crippen LogP contribution in [0.15, 0.2) is 41.4 Å². The molecule has 92 valence electrons. The van der Waals surface area contributed by atoms with E-state index in [0.717, 1.165) is 22.0 Å². The molecule has 0 atom stereocenters. The Balaban J connectivity index is 2.24. The van der Waals surface area contributed by atoms with Crippen LogP contribution in [0, 0.1) is 29.6 Å². The minimum Gasteiger partial charge on any atom is -0.360 e. The van der Waals surface area contributed by atoms with Crippen LogP contribution in [-0.2, 0) is 0 Å². The maximum atomic E-state index is 8.65. The molecule has 5 heteroatoms. The van der Waals surface area contributed by atoms with Gasteiger partial charge in [0, 0.05) is 22.8 Å². The number of aryl methyl sites for hydroxylation is 1. The molecule has 0 amide bonds. The molecular weight excluding hydrogens is 256 g/mol. The molecule has 0 bridgehead atoms. The first-order valence-corrected chi connectivity index (χ1v) is 6.40. The first-order valence-electron chi connectivity index (χ1n) is 5.52. The Kier molecular flexibility index (Phi) is 3.92. The van der Waals surface area contributed by atoms with Crippen molar-refractivity contribution in [2.24, 2.45) is 0 Å². The van der Waals surface area contributed by atoms with Gasteiger partial charge in [-0.1, -0.05) is 12.1 Å². The molecule has 1 aromatic carbocycles. The third-order valence-corrected chi connectivity index (χ3v) is 3.17. The number of hydrogen-bond acceptors (Lipinski definition) is 5. The molecule has 0 saturated carbocycles. The molecule has 4 nitrogen and oxygen atoms in total. The molecule has 1 heterocycles. The first kappa shape index (κ1) is 12.8. The lowest BCUT2D eigenvalue weighted by molar-refractivity contribution is 1.30. The van der Waals surface area contributed by atoms with Crippen molar-refractivity contribution in [2.45, 2.75) is 6.92 Å². The third-order valence-electron chi connectivity index (χ3n) is 2.40. The lowest BCUT2D eigenvalue weighted by Gasteiger charge is -2.03. The highest BCUT2D eigenvalue weighted by atomic mass is 32.1. The van der Waals surface area contributed by atoms with Crippen LogP contribution < -0.4 is 5.32 Å². The quantitative estimate of drug-likeness (QED) is 0.863. The van der Waals surface area contributed by atoms with E-state index in [0.29, 0.717) is 0 Å². The van der Waals surface area contributed by atoms with Gasteiger partial charge in [0.2, 0.25) is 0 Å². The van der Waals surface area contributed by atoms with Crippen molar-refractivity contribution in [2.75, 3.05) is 5.32 Å². The molecule has 2 rings (SSSR count). The van der Waals surface area contributed by atoms with Crippen molar-refractivity contribution in [3.05, 3.63) is 46.4 Å². The number of nitriles is 2. The fourth-order valence-electron chi connectivity index (χ4n) is 1.51. The summed E-state index contributed by atoms with van der Waals surface area (Å²) in [6.45, 7) is 1.96. The van der Waals surface area contributed by atoms with E-state index < -0.39 is 0 Å². The normalized spacial score (nSPS) is 9.21. The SMILES string of the molecule is Cc1nc(-c2cccc(NC=C(C#N)C#N)c2)cs1. The average Bonchev–Trinajstić information content (AvgIpc) is 2.87. The summed E-state index contributed by atoms with van der Waals surface area (Å²) in [5, 5.41) is 23.3. The molecule has 0 aliphatic rings. The number of nitrogens with one attached hydrogen (secondary N) is 1. The van der Waals surface area contributed by atoms with Crippen LogP contribution >= 0.6 is 11.3 Å². The van der Waals surface area contributed by atoms with Crippen LogP contribution in [0.4, 0.5) is 5.69 Å². The van der Waals surface area contributed by atoms with Gasteiger partial charge in [-0.05, 0) is 19.1 Å². The Morgan fingerprint density at radius 3 is 2.79 bits per heavy atom. The van der Waals surface area contributed by atoms with Crippen LogP contribution in [0.25, 0.3) is 11.3 Å². The average molecular weight is 266 g/mol. The molecule has 1 N–H and O–H groups in total. The van der Waals surface area contributed by atoms with Gasteiger partial charge in [-0.25, -0.2) is 4.98 Å². The number of allylic oxidation sites excluding steroid dienone is 1. The van der Waals surface area contributed by atoms with Gasteiger partial charge in [0.25, 0.3) is 0 Å². The Morgan fingerprint density at radius 1 is 1.37 bits per heavy atom. The van der Waals surface area contributed by atoms with Gasteiger partial charge in [0.15, 0.2) is 0 Å². The van der Waals surface area contributed by atoms with Gasteiger partial charge in [-0.3, -0.25) is 0 Å². The van der Waals surface area contributed by atoms with E-state index in [4.69, 9.17) is 10.5 Å². The summed E-state index contributed by atoms with van der Waals surface area (Å²) in [7, 11) is 0. The van der Waals surface area contributed by atoms with Crippen LogP contribution in [-0.4, -0.2) is 4.98 Å². The molecule has 0 unspecified atom stereocenters. The molecular formula is C14H10N4S. The summed E-state index contributed by atoms with van der Waals surface area (Å²) < 4.78 is 0. The fourth-order valence-corrected chi connectivity index (χ4v) is 2.13. The monoisotopic (exact) mass is 266 g/mol. The van der Waals surface area contributed by atoms with E-state index >= 15 is 0 Å². The molecule has 0 aliphatic carbocycles. The topological polar surface area (TPSA) is 72.5 Å². The number of thiazole rings is 1. The molecule has 0 aliphatic heterocycles. The van der Waals surface area contributed by atoms with Gasteiger partial charge in [-0.2, -0.15) is 10.5 Å². The maximum absolute atomic E-state index is 8.65. The zero-order valence-corrected chi connectivity index (χ0v) is 11.0. The highest BCUT2D eigenvalue weighted by molar-refractivity contribution is 7.09. The van der Waals surface area contributed by atoms with Crippen LogP contribution in [0.3, 0.4) is 0 Å². The molecule has 2 aromatic rings. The lowest BCUT2D eigenvalue weighted by Crippen LogP contribution is -1.90. The number of aromatic nitrogens is 1. The highest BCUT2D eigenvalue weighted by Crippen LogP contribution is 2.24. The van der Waals surface area contributed by atoms with Crippen molar-refractivity contribution >= 4 is 17.0 Å². The molecule has 0 fully saturated rings. The van der Waals surface area contributed by atoms with E-state index in [2.05, 4.69) is 10.3 Å². The van der Waals surface area contributed by atoms with Gasteiger partial charge in [0.05, 0.1) is 10.7 Å². The third kappa shape index (κ3) is 3.19. The summed E-state index contributed by atoms with van der Waals surface area (Å²) in [6, 6.07) is 11.3. The van der Waals surface area contributed by atoms with Crippen LogP contribution in [0.1, 0.15) is 5.01 Å². The van der Waals surface area contributed by atoms with Crippen molar-refractivity contribution in [1.82, 2.24) is 4.98 Å². The zero-order chi connectivity index (χ0) is 13.7. The van der Waals surface area contributed by atoms with Gasteiger partial charge >= 0.3 is 0 Å². The second-order valence-corrected chi connectivity index (χ2v) is 4.82. The maximum Gasteiger partial charge on any atom is 0.145 e. The summed E-state index contributed by atoms with van der Waals surface area (Å²) >= 11 is 1.60. The predicted octanol–water partition coefficient (Wildman–Crippen LogP) is 3.46.